The van der Waals surface area contributed by atoms with E-state index < -0.39 is 27.6 Å². The number of rotatable bonds is 5. The molecule has 0 aromatic carbocycles. The van der Waals surface area contributed by atoms with Crippen molar-refractivity contribution in [2.24, 2.45) is 11.8 Å². The zero-order valence-corrected chi connectivity index (χ0v) is 15.5. The predicted molar refractivity (Wildman–Crippen MR) is 81.0 cm³/mol. The Labute approximate surface area is 111 Å². The van der Waals surface area contributed by atoms with Crippen LogP contribution in [0.15, 0.2) is 0 Å². The fourth-order valence-electron chi connectivity index (χ4n) is 1.53. The number of hydrogen-bond acceptors (Lipinski definition) is 0. The Kier molecular flexibility index (Phi) is 8.09. The molecule has 0 bridgehead atoms. The maximum atomic E-state index is 3.53. The zero-order valence-electron chi connectivity index (χ0n) is 12.2. The fourth-order valence-corrected chi connectivity index (χ4v) is 9.78. The van der Waals surface area contributed by atoms with Crippen LogP contribution in [0.25, 0.3) is 0 Å². The Morgan fingerprint density at radius 1 is 0.938 bits per heavy atom. The van der Waals surface area contributed by atoms with Crippen LogP contribution < -0.4 is 0 Å². The Balaban J connectivity index is 4.24. The molecule has 0 aliphatic carbocycles. The van der Waals surface area contributed by atoms with Crippen LogP contribution in [0, 0.1) is 23.3 Å². The second-order valence-electron chi connectivity index (χ2n) is 6.43. The Morgan fingerprint density at radius 3 is 1.69 bits per heavy atom. The first-order valence-electron chi connectivity index (χ1n) is 6.35. The summed E-state index contributed by atoms with van der Waals surface area (Å²) in [6, 6.07) is 0. The van der Waals surface area contributed by atoms with Gasteiger partial charge >= 0.3 is 112 Å². The zero-order chi connectivity index (χ0) is 12.8. The van der Waals surface area contributed by atoms with Gasteiger partial charge in [0.05, 0.1) is 0 Å². The second kappa shape index (κ2) is 7.81. The fraction of sp³-hybridized carbons (Fsp3) is 0.857. The Bertz CT molecular complexity index is 230. The van der Waals surface area contributed by atoms with E-state index in [4.69, 9.17) is 0 Å². The monoisotopic (exact) mass is 355 g/mol. The van der Waals surface area contributed by atoms with E-state index in [1.807, 2.05) is 0 Å². The molecule has 0 aromatic rings. The van der Waals surface area contributed by atoms with Crippen molar-refractivity contribution in [3.05, 3.63) is 0 Å². The summed E-state index contributed by atoms with van der Waals surface area (Å²) in [5.74, 6) is 5.28. The van der Waals surface area contributed by atoms with Crippen LogP contribution in [0.2, 0.25) is 33.0 Å². The van der Waals surface area contributed by atoms with Crippen molar-refractivity contribution in [2.75, 3.05) is 0 Å². The van der Waals surface area contributed by atoms with Crippen LogP contribution >= 0.6 is 0 Å². The third-order valence-corrected chi connectivity index (χ3v) is 10.9. The molecule has 0 aliphatic heterocycles. The molecule has 0 aromatic heterocycles. The van der Waals surface area contributed by atoms with E-state index >= 15 is 0 Å². The molecule has 0 unspecified atom stereocenters. The van der Waals surface area contributed by atoms with Gasteiger partial charge in [0, 0.05) is 0 Å². The molecule has 94 valence electrons. The molecule has 0 fully saturated rings. The van der Waals surface area contributed by atoms with Gasteiger partial charge in [-0.15, -0.1) is 0 Å². The van der Waals surface area contributed by atoms with Gasteiger partial charge in [-0.25, -0.2) is 0 Å². The maximum absolute atomic E-state index is 3.53. The minimum atomic E-state index is -1.14. The molecular weight excluding hydrogens is 324 g/mol. The average molecular weight is 353 g/mol. The molecule has 0 saturated heterocycles. The van der Waals surface area contributed by atoms with Gasteiger partial charge in [0.25, 0.3) is 0 Å². The van der Waals surface area contributed by atoms with Crippen molar-refractivity contribution >= 4 is 27.6 Å². The van der Waals surface area contributed by atoms with E-state index in [0.717, 1.165) is 11.8 Å². The summed E-state index contributed by atoms with van der Waals surface area (Å²) >= 11 is -0.904. The molecular formula is C14H29SiTe+. The first-order chi connectivity index (χ1) is 7.20. The van der Waals surface area contributed by atoms with Gasteiger partial charge < -0.3 is 0 Å². The first-order valence-corrected chi connectivity index (χ1v) is 14.8. The van der Waals surface area contributed by atoms with Crippen LogP contribution in [0.3, 0.4) is 0 Å². The van der Waals surface area contributed by atoms with E-state index in [0.29, 0.717) is 0 Å². The number of hydrogen-bond donors (Lipinski definition) is 0. The molecule has 0 saturated carbocycles. The molecule has 0 amide bonds. The van der Waals surface area contributed by atoms with E-state index in [-0.39, 0.29) is 0 Å². The van der Waals surface area contributed by atoms with Gasteiger partial charge in [-0.05, 0) is 0 Å². The molecule has 0 nitrogen and oxygen atoms in total. The van der Waals surface area contributed by atoms with Crippen molar-refractivity contribution in [1.82, 2.24) is 0 Å². The first kappa shape index (κ1) is 16.6. The van der Waals surface area contributed by atoms with Gasteiger partial charge in [-0.1, -0.05) is 0 Å². The third kappa shape index (κ3) is 11.1. The van der Waals surface area contributed by atoms with Crippen LogP contribution in [0.1, 0.15) is 27.7 Å². The molecule has 0 radical (unpaired) electrons. The van der Waals surface area contributed by atoms with Crippen molar-refractivity contribution in [3.63, 3.8) is 0 Å². The molecule has 0 spiro atoms. The summed E-state index contributed by atoms with van der Waals surface area (Å²) < 4.78 is 4.29. The quantitative estimate of drug-likeness (QED) is 0.498. The van der Waals surface area contributed by atoms with Crippen molar-refractivity contribution in [2.45, 2.75) is 60.7 Å². The summed E-state index contributed by atoms with van der Waals surface area (Å²) in [4.78, 5) is 0. The third-order valence-electron chi connectivity index (χ3n) is 1.88. The van der Waals surface area contributed by atoms with E-state index in [2.05, 4.69) is 58.8 Å². The van der Waals surface area contributed by atoms with Gasteiger partial charge in [0.15, 0.2) is 0 Å². The summed E-state index contributed by atoms with van der Waals surface area (Å²) in [6.45, 7) is 16.5. The topological polar surface area (TPSA) is 0 Å². The van der Waals surface area contributed by atoms with Gasteiger partial charge in [0.2, 0.25) is 0 Å². The molecule has 0 atom stereocenters. The standard InChI is InChI=1S/C14H29SiTe/c1-13(2)11-16(12-14(3)4)10-8-9-15(5,6)7/h13-14H,10-12H2,1-7H3/q+1. The SMILES string of the molecule is CC(C)C[Te+](CC#C[Si](C)(C)C)CC(C)C. The molecule has 0 N–H and O–H groups in total. The normalized spacial score (nSPS) is 12.1. The van der Waals surface area contributed by atoms with Crippen LogP contribution in [0.4, 0.5) is 0 Å². The van der Waals surface area contributed by atoms with E-state index in [1.54, 1.807) is 0 Å². The molecule has 0 aliphatic rings. The average Bonchev–Trinajstić information content (AvgIpc) is 1.98. The van der Waals surface area contributed by atoms with Gasteiger partial charge in [-0.2, -0.15) is 0 Å². The molecule has 16 heavy (non-hydrogen) atoms. The van der Waals surface area contributed by atoms with Crippen molar-refractivity contribution in [3.8, 4) is 11.5 Å². The van der Waals surface area contributed by atoms with Crippen molar-refractivity contribution in [1.29, 1.82) is 0 Å². The minimum absolute atomic E-state index is 0.879. The van der Waals surface area contributed by atoms with Crippen molar-refractivity contribution < 1.29 is 0 Å². The van der Waals surface area contributed by atoms with E-state index in [9.17, 15) is 0 Å². The summed E-state index contributed by atoms with van der Waals surface area (Å²) in [5.41, 5.74) is 3.53. The molecule has 0 heterocycles. The van der Waals surface area contributed by atoms with Crippen LogP contribution in [-0.2, 0) is 0 Å². The summed E-state index contributed by atoms with van der Waals surface area (Å²) in [5, 5.41) is 0. The molecule has 0 rings (SSSR count). The van der Waals surface area contributed by atoms with E-state index in [1.165, 1.54) is 13.4 Å². The van der Waals surface area contributed by atoms with Gasteiger partial charge in [-0.3, -0.25) is 0 Å². The Hall–Kier alpha value is 0.566. The second-order valence-corrected chi connectivity index (χ2v) is 17.4. The molecule has 2 heteroatoms. The Morgan fingerprint density at radius 2 is 1.38 bits per heavy atom. The summed E-state index contributed by atoms with van der Waals surface area (Å²) in [6.07, 6.45) is 0. The summed E-state index contributed by atoms with van der Waals surface area (Å²) in [7, 11) is -1.14. The predicted octanol–water partition coefficient (Wildman–Crippen LogP) is 4.67. The van der Waals surface area contributed by atoms with Gasteiger partial charge in [0.1, 0.15) is 0 Å². The van der Waals surface area contributed by atoms with Crippen LogP contribution in [0.5, 0.6) is 0 Å². The van der Waals surface area contributed by atoms with Crippen LogP contribution in [-0.4, -0.2) is 27.6 Å².